The minimum atomic E-state index is -0.461. The van der Waals surface area contributed by atoms with Gasteiger partial charge < -0.3 is 4.52 Å². The molecule has 1 aliphatic carbocycles. The van der Waals surface area contributed by atoms with Crippen molar-refractivity contribution in [1.29, 1.82) is 5.26 Å². The van der Waals surface area contributed by atoms with Gasteiger partial charge in [-0.05, 0) is 37.6 Å². The summed E-state index contributed by atoms with van der Waals surface area (Å²) < 4.78 is 19.3. The van der Waals surface area contributed by atoms with E-state index in [1.165, 1.54) is 12.1 Å². The number of likely N-dealkylation sites (N-methyl/N-ethyl adjacent to an activating group) is 1. The van der Waals surface area contributed by atoms with Crippen LogP contribution in [0.25, 0.3) is 0 Å². The minimum Gasteiger partial charge on any atom is -0.338 e. The molecule has 130 valence electrons. The van der Waals surface area contributed by atoms with Crippen LogP contribution in [0, 0.1) is 17.1 Å². The molecule has 0 amide bonds. The highest BCUT2D eigenvalue weighted by Crippen LogP contribution is 2.38. The normalized spacial score (nSPS) is 22.0. The van der Waals surface area contributed by atoms with Gasteiger partial charge in [-0.1, -0.05) is 11.2 Å². The average molecular weight is 341 g/mol. The van der Waals surface area contributed by atoms with E-state index in [-0.39, 0.29) is 11.6 Å². The number of halogens is 1. The van der Waals surface area contributed by atoms with Gasteiger partial charge in [0.2, 0.25) is 5.89 Å². The van der Waals surface area contributed by atoms with Gasteiger partial charge in [0.25, 0.3) is 0 Å². The maximum atomic E-state index is 13.8. The van der Waals surface area contributed by atoms with Crippen molar-refractivity contribution in [3.8, 4) is 6.07 Å². The molecule has 1 aromatic heterocycles. The molecule has 1 atom stereocenters. The van der Waals surface area contributed by atoms with Gasteiger partial charge in [-0.3, -0.25) is 9.80 Å². The van der Waals surface area contributed by atoms with Crippen LogP contribution < -0.4 is 0 Å². The molecule has 6 nitrogen and oxygen atoms in total. The monoisotopic (exact) mass is 341 g/mol. The molecule has 25 heavy (non-hydrogen) atoms. The summed E-state index contributed by atoms with van der Waals surface area (Å²) in [4.78, 5) is 9.06. The maximum Gasteiger partial charge on any atom is 0.245 e. The summed E-state index contributed by atoms with van der Waals surface area (Å²) in [5.41, 5.74) is 0.947. The van der Waals surface area contributed by atoms with E-state index in [4.69, 9.17) is 9.78 Å². The first kappa shape index (κ1) is 16.2. The Kier molecular flexibility index (Phi) is 4.24. The van der Waals surface area contributed by atoms with Crippen LogP contribution in [0.5, 0.6) is 0 Å². The van der Waals surface area contributed by atoms with E-state index in [0.29, 0.717) is 18.4 Å². The summed E-state index contributed by atoms with van der Waals surface area (Å²) in [5, 5.41) is 13.0. The zero-order chi connectivity index (χ0) is 17.4. The van der Waals surface area contributed by atoms with Gasteiger partial charge >= 0.3 is 0 Å². The number of rotatable bonds is 4. The SMILES string of the molecule is CN1CCN(Cc2ccc(C#N)c(F)c2)CC1c1nc(C2CC2)no1. The van der Waals surface area contributed by atoms with E-state index in [9.17, 15) is 4.39 Å². The number of nitrogens with zero attached hydrogens (tertiary/aromatic N) is 5. The highest BCUT2D eigenvalue weighted by atomic mass is 19.1. The summed E-state index contributed by atoms with van der Waals surface area (Å²) in [5.74, 6) is 1.51. The summed E-state index contributed by atoms with van der Waals surface area (Å²) in [6, 6.07) is 6.71. The average Bonchev–Trinajstić information content (AvgIpc) is 3.34. The molecule has 1 aromatic carbocycles. The van der Waals surface area contributed by atoms with Gasteiger partial charge in [0.15, 0.2) is 5.82 Å². The van der Waals surface area contributed by atoms with Crippen molar-refractivity contribution in [3.05, 3.63) is 46.9 Å². The lowest BCUT2D eigenvalue weighted by atomic mass is 10.1. The van der Waals surface area contributed by atoms with E-state index < -0.39 is 5.82 Å². The van der Waals surface area contributed by atoms with E-state index in [1.807, 2.05) is 12.1 Å². The number of aromatic nitrogens is 2. The van der Waals surface area contributed by atoms with Gasteiger partial charge in [0.05, 0.1) is 5.56 Å². The molecule has 1 saturated heterocycles. The summed E-state index contributed by atoms with van der Waals surface area (Å²) >= 11 is 0. The van der Waals surface area contributed by atoms with Gasteiger partial charge in [-0.25, -0.2) is 4.39 Å². The third kappa shape index (κ3) is 3.41. The Morgan fingerprint density at radius 1 is 1.36 bits per heavy atom. The number of benzene rings is 1. The fourth-order valence-electron chi connectivity index (χ4n) is 3.24. The molecule has 7 heteroatoms. The van der Waals surface area contributed by atoms with Crippen LogP contribution in [-0.2, 0) is 6.54 Å². The highest BCUT2D eigenvalue weighted by molar-refractivity contribution is 5.33. The van der Waals surface area contributed by atoms with E-state index in [0.717, 1.165) is 43.9 Å². The Bertz CT molecular complexity index is 810. The molecular weight excluding hydrogens is 321 g/mol. The summed E-state index contributed by atoms with van der Waals surface area (Å²) in [6.07, 6.45) is 2.30. The lowest BCUT2D eigenvalue weighted by molar-refractivity contribution is 0.0714. The zero-order valence-electron chi connectivity index (χ0n) is 14.2. The van der Waals surface area contributed by atoms with Crippen molar-refractivity contribution in [2.24, 2.45) is 0 Å². The third-order valence-corrected chi connectivity index (χ3v) is 4.98. The molecule has 2 heterocycles. The van der Waals surface area contributed by atoms with Gasteiger partial charge in [-0.15, -0.1) is 0 Å². The largest absolute Gasteiger partial charge is 0.338 e. The lowest BCUT2D eigenvalue weighted by Gasteiger charge is -2.37. The van der Waals surface area contributed by atoms with Crippen LogP contribution in [0.3, 0.4) is 0 Å². The number of nitriles is 1. The third-order valence-electron chi connectivity index (χ3n) is 4.98. The second kappa shape index (κ2) is 6.54. The predicted molar refractivity (Wildman–Crippen MR) is 88.0 cm³/mol. The van der Waals surface area contributed by atoms with Crippen LogP contribution in [0.1, 0.15) is 47.6 Å². The molecule has 2 fully saturated rings. The second-order valence-corrected chi connectivity index (χ2v) is 6.92. The van der Waals surface area contributed by atoms with Gasteiger partial charge in [0.1, 0.15) is 17.9 Å². The molecule has 2 aromatic rings. The van der Waals surface area contributed by atoms with Crippen molar-refractivity contribution >= 4 is 0 Å². The Balaban J connectivity index is 1.46. The van der Waals surface area contributed by atoms with Crippen LogP contribution in [-0.4, -0.2) is 46.6 Å². The van der Waals surface area contributed by atoms with Crippen LogP contribution in [0.2, 0.25) is 0 Å². The molecule has 0 radical (unpaired) electrons. The Morgan fingerprint density at radius 3 is 2.92 bits per heavy atom. The second-order valence-electron chi connectivity index (χ2n) is 6.92. The fraction of sp³-hybridized carbons (Fsp3) is 0.500. The standard InChI is InChI=1S/C18H20FN5O/c1-23-6-7-24(10-12-2-3-14(9-20)15(19)8-12)11-16(23)18-21-17(22-25-18)13-4-5-13/h2-3,8,13,16H,4-7,10-11H2,1H3. The Labute approximate surface area is 145 Å². The molecule has 0 spiro atoms. The fourth-order valence-corrected chi connectivity index (χ4v) is 3.24. The Morgan fingerprint density at radius 2 is 2.20 bits per heavy atom. The molecule has 1 aliphatic heterocycles. The smallest absolute Gasteiger partial charge is 0.245 e. The van der Waals surface area contributed by atoms with Crippen molar-refractivity contribution in [1.82, 2.24) is 19.9 Å². The minimum absolute atomic E-state index is 0.0528. The van der Waals surface area contributed by atoms with Crippen molar-refractivity contribution < 1.29 is 8.91 Å². The van der Waals surface area contributed by atoms with Crippen molar-refractivity contribution in [2.45, 2.75) is 31.3 Å². The molecule has 1 unspecified atom stereocenters. The quantitative estimate of drug-likeness (QED) is 0.851. The first-order chi connectivity index (χ1) is 12.1. The summed E-state index contributed by atoms with van der Waals surface area (Å²) in [7, 11) is 2.06. The van der Waals surface area contributed by atoms with Crippen LogP contribution >= 0.6 is 0 Å². The van der Waals surface area contributed by atoms with E-state index >= 15 is 0 Å². The number of hydrogen-bond acceptors (Lipinski definition) is 6. The van der Waals surface area contributed by atoms with Crippen LogP contribution in [0.15, 0.2) is 22.7 Å². The number of hydrogen-bond donors (Lipinski definition) is 0. The maximum absolute atomic E-state index is 13.8. The van der Waals surface area contributed by atoms with Gasteiger partial charge in [0, 0.05) is 32.1 Å². The van der Waals surface area contributed by atoms with E-state index in [2.05, 4.69) is 27.0 Å². The number of piperazine rings is 1. The predicted octanol–water partition coefficient (Wildman–Crippen LogP) is 2.45. The molecule has 2 aliphatic rings. The first-order valence-electron chi connectivity index (χ1n) is 8.58. The topological polar surface area (TPSA) is 69.2 Å². The molecule has 0 bridgehead atoms. The highest BCUT2D eigenvalue weighted by Gasteiger charge is 2.33. The molecule has 0 N–H and O–H groups in total. The molecule has 1 saturated carbocycles. The van der Waals surface area contributed by atoms with Crippen molar-refractivity contribution in [3.63, 3.8) is 0 Å². The van der Waals surface area contributed by atoms with Crippen LogP contribution in [0.4, 0.5) is 4.39 Å². The lowest BCUT2D eigenvalue weighted by Crippen LogP contribution is -2.46. The molecule has 4 rings (SSSR count). The van der Waals surface area contributed by atoms with Crippen molar-refractivity contribution in [2.75, 3.05) is 26.7 Å². The van der Waals surface area contributed by atoms with Gasteiger partial charge in [-0.2, -0.15) is 10.2 Å². The summed E-state index contributed by atoms with van der Waals surface area (Å²) in [6.45, 7) is 3.16. The molecular formula is C18H20FN5O. The van der Waals surface area contributed by atoms with E-state index in [1.54, 1.807) is 0 Å². The zero-order valence-corrected chi connectivity index (χ0v) is 14.2. The first-order valence-corrected chi connectivity index (χ1v) is 8.58. The Hall–Kier alpha value is -2.30.